The van der Waals surface area contributed by atoms with Crippen LogP contribution < -0.4 is 4.90 Å². The van der Waals surface area contributed by atoms with Crippen molar-refractivity contribution in [2.75, 3.05) is 11.4 Å². The third-order valence-corrected chi connectivity index (χ3v) is 4.04. The molecule has 1 aliphatic heterocycles. The summed E-state index contributed by atoms with van der Waals surface area (Å²) in [4.78, 5) is 2.29. The molecule has 0 N–H and O–H groups in total. The Bertz CT molecular complexity index is 809. The molecule has 4 nitrogen and oxygen atoms in total. The molecule has 0 spiro atoms. The minimum absolute atomic E-state index is 0.589. The first-order valence-electron chi connectivity index (χ1n) is 7.52. The molecule has 0 bridgehead atoms. The summed E-state index contributed by atoms with van der Waals surface area (Å²) in [5.74, 6) is 1.25. The number of hydrogen-bond acceptors (Lipinski definition) is 4. The fourth-order valence-corrected chi connectivity index (χ4v) is 2.95. The van der Waals surface area contributed by atoms with Crippen molar-refractivity contribution in [3.05, 3.63) is 65.5 Å². The monoisotopic (exact) mass is 291 g/mol. The van der Waals surface area contributed by atoms with E-state index in [2.05, 4.69) is 58.4 Å². The lowest BCUT2D eigenvalue weighted by molar-refractivity contribution is 0.500. The average molecular weight is 291 g/mol. The molecule has 110 valence electrons. The Hall–Kier alpha value is -2.62. The van der Waals surface area contributed by atoms with E-state index in [1.54, 1.807) is 0 Å². The quantitative estimate of drug-likeness (QED) is 0.739. The number of rotatable bonds is 3. The zero-order valence-corrected chi connectivity index (χ0v) is 12.5. The second-order valence-electron chi connectivity index (χ2n) is 5.67. The van der Waals surface area contributed by atoms with E-state index in [4.69, 9.17) is 4.42 Å². The van der Waals surface area contributed by atoms with E-state index in [1.807, 2.05) is 12.1 Å². The van der Waals surface area contributed by atoms with Gasteiger partial charge in [0.2, 0.25) is 11.8 Å². The van der Waals surface area contributed by atoms with Crippen LogP contribution in [0.4, 0.5) is 5.69 Å². The highest BCUT2D eigenvalue weighted by atomic mass is 16.4. The molecule has 0 aliphatic carbocycles. The van der Waals surface area contributed by atoms with Crippen LogP contribution in [0.25, 0.3) is 11.5 Å². The molecular formula is C18H17N3O. The van der Waals surface area contributed by atoms with Gasteiger partial charge in [-0.25, -0.2) is 0 Å². The third kappa shape index (κ3) is 2.37. The van der Waals surface area contributed by atoms with Gasteiger partial charge in [-0.2, -0.15) is 0 Å². The van der Waals surface area contributed by atoms with Gasteiger partial charge in [-0.1, -0.05) is 35.9 Å². The molecular weight excluding hydrogens is 274 g/mol. The summed E-state index contributed by atoms with van der Waals surface area (Å²) in [7, 11) is 0. The lowest BCUT2D eigenvalue weighted by Crippen LogP contribution is -2.19. The largest absolute Gasteiger partial charge is 0.419 e. The van der Waals surface area contributed by atoms with E-state index in [-0.39, 0.29) is 0 Å². The molecule has 0 fully saturated rings. The molecule has 0 amide bonds. The highest BCUT2D eigenvalue weighted by Gasteiger charge is 2.20. The van der Waals surface area contributed by atoms with E-state index in [1.165, 1.54) is 16.8 Å². The van der Waals surface area contributed by atoms with Crippen molar-refractivity contribution in [2.24, 2.45) is 0 Å². The van der Waals surface area contributed by atoms with E-state index < -0.39 is 0 Å². The maximum absolute atomic E-state index is 5.84. The van der Waals surface area contributed by atoms with Gasteiger partial charge < -0.3 is 9.32 Å². The number of fused-ring (bicyclic) bond motifs is 1. The maximum atomic E-state index is 5.84. The number of anilines is 1. The average Bonchev–Trinajstić information content (AvgIpc) is 3.16. The van der Waals surface area contributed by atoms with Crippen molar-refractivity contribution in [3.63, 3.8) is 0 Å². The van der Waals surface area contributed by atoms with Gasteiger partial charge in [0, 0.05) is 17.8 Å². The van der Waals surface area contributed by atoms with E-state index in [9.17, 15) is 0 Å². The first-order valence-corrected chi connectivity index (χ1v) is 7.52. The van der Waals surface area contributed by atoms with Crippen molar-refractivity contribution in [1.82, 2.24) is 10.2 Å². The molecule has 0 saturated heterocycles. The van der Waals surface area contributed by atoms with Crippen LogP contribution in [0.1, 0.15) is 17.0 Å². The fourth-order valence-electron chi connectivity index (χ4n) is 2.95. The van der Waals surface area contributed by atoms with Crippen molar-refractivity contribution in [3.8, 4) is 11.5 Å². The number of para-hydroxylation sites is 1. The van der Waals surface area contributed by atoms with Crippen LogP contribution in [0.2, 0.25) is 0 Å². The van der Waals surface area contributed by atoms with Crippen LogP contribution in [0.3, 0.4) is 0 Å². The molecule has 0 radical (unpaired) electrons. The van der Waals surface area contributed by atoms with Gasteiger partial charge in [0.15, 0.2) is 0 Å². The number of aromatic nitrogens is 2. The molecule has 22 heavy (non-hydrogen) atoms. The number of benzene rings is 2. The van der Waals surface area contributed by atoms with Crippen molar-refractivity contribution in [2.45, 2.75) is 19.9 Å². The Kier molecular flexibility index (Phi) is 3.15. The van der Waals surface area contributed by atoms with Crippen molar-refractivity contribution in [1.29, 1.82) is 0 Å². The van der Waals surface area contributed by atoms with Gasteiger partial charge in [0.1, 0.15) is 0 Å². The van der Waals surface area contributed by atoms with E-state index in [0.29, 0.717) is 18.3 Å². The number of nitrogens with zero attached hydrogens (tertiary/aromatic N) is 3. The summed E-state index contributed by atoms with van der Waals surface area (Å²) in [6, 6.07) is 16.6. The van der Waals surface area contributed by atoms with E-state index >= 15 is 0 Å². The molecule has 1 aliphatic rings. The first-order chi connectivity index (χ1) is 10.8. The predicted molar refractivity (Wildman–Crippen MR) is 85.7 cm³/mol. The first kappa shape index (κ1) is 13.1. The molecule has 1 aromatic heterocycles. The lowest BCUT2D eigenvalue weighted by atomic mass is 10.1. The molecule has 4 heteroatoms. The summed E-state index contributed by atoms with van der Waals surface area (Å²) in [6.45, 7) is 3.72. The van der Waals surface area contributed by atoms with Crippen LogP contribution >= 0.6 is 0 Å². The van der Waals surface area contributed by atoms with Crippen molar-refractivity contribution >= 4 is 5.69 Å². The van der Waals surface area contributed by atoms with Gasteiger partial charge in [-0.15, -0.1) is 10.2 Å². The van der Waals surface area contributed by atoms with Gasteiger partial charge in [0.05, 0.1) is 6.54 Å². The summed E-state index contributed by atoms with van der Waals surface area (Å²) >= 11 is 0. The molecule has 0 atom stereocenters. The van der Waals surface area contributed by atoms with Crippen LogP contribution in [0.15, 0.2) is 52.9 Å². The lowest BCUT2D eigenvalue weighted by Gasteiger charge is -2.16. The Morgan fingerprint density at radius 2 is 2.00 bits per heavy atom. The highest BCUT2D eigenvalue weighted by molar-refractivity contribution is 5.58. The molecule has 0 saturated carbocycles. The molecule has 0 unspecified atom stereocenters. The normalized spacial score (nSPS) is 13.4. The Labute approximate surface area is 129 Å². The summed E-state index contributed by atoms with van der Waals surface area (Å²) in [5.41, 5.74) is 4.82. The van der Waals surface area contributed by atoms with Crippen LogP contribution in [0, 0.1) is 6.92 Å². The highest BCUT2D eigenvalue weighted by Crippen LogP contribution is 2.29. The molecule has 3 aromatic rings. The SMILES string of the molecule is Cc1cccc(-c2nnc(CN3CCc4ccccc43)o2)c1. The third-order valence-electron chi connectivity index (χ3n) is 4.04. The summed E-state index contributed by atoms with van der Waals surface area (Å²) < 4.78 is 5.84. The van der Waals surface area contributed by atoms with Gasteiger partial charge in [0.25, 0.3) is 0 Å². The number of hydrogen-bond donors (Lipinski definition) is 0. The second-order valence-corrected chi connectivity index (χ2v) is 5.67. The van der Waals surface area contributed by atoms with Crippen LogP contribution in [0.5, 0.6) is 0 Å². The van der Waals surface area contributed by atoms with Gasteiger partial charge in [-0.05, 0) is 37.1 Å². The zero-order chi connectivity index (χ0) is 14.9. The zero-order valence-electron chi connectivity index (χ0n) is 12.5. The Morgan fingerprint density at radius 1 is 1.09 bits per heavy atom. The summed E-state index contributed by atoms with van der Waals surface area (Å²) in [6.07, 6.45) is 1.08. The minimum Gasteiger partial charge on any atom is -0.419 e. The topological polar surface area (TPSA) is 42.2 Å². The smallest absolute Gasteiger partial charge is 0.247 e. The van der Waals surface area contributed by atoms with Gasteiger partial charge >= 0.3 is 0 Å². The second kappa shape index (κ2) is 5.30. The Balaban J connectivity index is 1.56. The number of aryl methyl sites for hydroxylation is 1. The predicted octanol–water partition coefficient (Wildman–Crippen LogP) is 3.61. The van der Waals surface area contributed by atoms with Crippen LogP contribution in [-0.2, 0) is 13.0 Å². The Morgan fingerprint density at radius 3 is 2.91 bits per heavy atom. The molecule has 2 aromatic carbocycles. The van der Waals surface area contributed by atoms with Crippen LogP contribution in [-0.4, -0.2) is 16.7 Å². The van der Waals surface area contributed by atoms with E-state index in [0.717, 1.165) is 18.5 Å². The van der Waals surface area contributed by atoms with Gasteiger partial charge in [-0.3, -0.25) is 0 Å². The maximum Gasteiger partial charge on any atom is 0.247 e. The standard InChI is InChI=1S/C18H17N3O/c1-13-5-4-7-15(11-13)18-20-19-17(22-18)12-21-10-9-14-6-2-3-8-16(14)21/h2-8,11H,9-10,12H2,1H3. The summed E-state index contributed by atoms with van der Waals surface area (Å²) in [5, 5.41) is 8.38. The molecule has 2 heterocycles. The fraction of sp³-hybridized carbons (Fsp3) is 0.222. The van der Waals surface area contributed by atoms with Crippen molar-refractivity contribution < 1.29 is 4.42 Å². The minimum atomic E-state index is 0.589. The molecule has 4 rings (SSSR count).